The highest BCUT2D eigenvalue weighted by Crippen LogP contribution is 2.37. The van der Waals surface area contributed by atoms with Gasteiger partial charge in [0.2, 0.25) is 5.91 Å². The van der Waals surface area contributed by atoms with Gasteiger partial charge in [-0.05, 0) is 25.5 Å². The Morgan fingerprint density at radius 2 is 1.69 bits per heavy atom. The minimum Gasteiger partial charge on any atom is -0.490 e. The van der Waals surface area contributed by atoms with E-state index in [4.69, 9.17) is 21.1 Å². The van der Waals surface area contributed by atoms with Crippen molar-refractivity contribution in [2.45, 2.75) is 33.6 Å². The summed E-state index contributed by atoms with van der Waals surface area (Å²) < 4.78 is 11.3. The zero-order valence-corrected chi connectivity index (χ0v) is 16.5. The average molecular weight is 383 g/mol. The second-order valence-corrected chi connectivity index (χ2v) is 6.50. The van der Waals surface area contributed by atoms with Gasteiger partial charge in [0.05, 0.1) is 18.2 Å². The van der Waals surface area contributed by atoms with Crippen LogP contribution in [0.1, 0.15) is 44.0 Å². The highest BCUT2D eigenvalue weighted by Gasteiger charge is 2.25. The minimum atomic E-state index is -0.113. The highest BCUT2D eigenvalue weighted by atomic mass is 35.5. The standard InChI is InChI=1S/C19H27ClN2O4/c1-4-11-26-18-15(20)12-14(13-16(18)25-6-3)19(24)22-9-7-21(8-10-22)17(23)5-2/h12-13H,4-11H2,1-3H3. The van der Waals surface area contributed by atoms with Crippen LogP contribution in [-0.2, 0) is 4.79 Å². The van der Waals surface area contributed by atoms with Gasteiger partial charge in [-0.15, -0.1) is 0 Å². The molecule has 2 rings (SSSR count). The van der Waals surface area contributed by atoms with Gasteiger partial charge in [-0.2, -0.15) is 0 Å². The Bertz CT molecular complexity index is 643. The van der Waals surface area contributed by atoms with E-state index >= 15 is 0 Å². The second-order valence-electron chi connectivity index (χ2n) is 6.09. The Hall–Kier alpha value is -1.95. The van der Waals surface area contributed by atoms with Crippen LogP contribution in [0.3, 0.4) is 0 Å². The van der Waals surface area contributed by atoms with Gasteiger partial charge >= 0.3 is 0 Å². The van der Waals surface area contributed by atoms with Crippen molar-refractivity contribution in [1.29, 1.82) is 0 Å². The lowest BCUT2D eigenvalue weighted by atomic mass is 10.1. The van der Waals surface area contributed by atoms with E-state index in [0.717, 1.165) is 6.42 Å². The van der Waals surface area contributed by atoms with Gasteiger partial charge < -0.3 is 19.3 Å². The van der Waals surface area contributed by atoms with Crippen molar-refractivity contribution in [1.82, 2.24) is 9.80 Å². The summed E-state index contributed by atoms with van der Waals surface area (Å²) in [4.78, 5) is 28.2. The van der Waals surface area contributed by atoms with Gasteiger partial charge in [0, 0.05) is 38.2 Å². The number of ether oxygens (including phenoxy) is 2. The molecule has 0 unspecified atom stereocenters. The second kappa shape index (κ2) is 9.67. The fraction of sp³-hybridized carbons (Fsp3) is 0.579. The predicted molar refractivity (Wildman–Crippen MR) is 101 cm³/mol. The molecule has 0 saturated carbocycles. The van der Waals surface area contributed by atoms with E-state index in [1.165, 1.54) is 0 Å². The predicted octanol–water partition coefficient (Wildman–Crippen LogP) is 3.22. The lowest BCUT2D eigenvalue weighted by molar-refractivity contribution is -0.132. The van der Waals surface area contributed by atoms with Gasteiger partial charge in [0.15, 0.2) is 11.5 Å². The number of nitrogens with zero attached hydrogens (tertiary/aromatic N) is 2. The minimum absolute atomic E-state index is 0.113. The molecule has 26 heavy (non-hydrogen) atoms. The largest absolute Gasteiger partial charge is 0.490 e. The Kier molecular flexibility index (Phi) is 7.57. The fourth-order valence-electron chi connectivity index (χ4n) is 2.86. The molecule has 0 aliphatic carbocycles. The normalized spacial score (nSPS) is 14.3. The zero-order chi connectivity index (χ0) is 19.1. The first-order chi connectivity index (χ1) is 12.5. The summed E-state index contributed by atoms with van der Waals surface area (Å²) in [6, 6.07) is 3.31. The first kappa shape index (κ1) is 20.4. The van der Waals surface area contributed by atoms with Crippen LogP contribution in [0.2, 0.25) is 5.02 Å². The van der Waals surface area contributed by atoms with Crippen molar-refractivity contribution in [3.05, 3.63) is 22.7 Å². The van der Waals surface area contributed by atoms with Crippen molar-refractivity contribution >= 4 is 23.4 Å². The van der Waals surface area contributed by atoms with Gasteiger partial charge in [0.1, 0.15) is 0 Å². The van der Waals surface area contributed by atoms with Crippen molar-refractivity contribution < 1.29 is 19.1 Å². The number of piperazine rings is 1. The molecule has 1 aliphatic rings. The molecule has 1 saturated heterocycles. The molecule has 0 spiro atoms. The van der Waals surface area contributed by atoms with E-state index in [1.807, 2.05) is 20.8 Å². The van der Waals surface area contributed by atoms with Crippen molar-refractivity contribution in [3.8, 4) is 11.5 Å². The van der Waals surface area contributed by atoms with Crippen LogP contribution >= 0.6 is 11.6 Å². The van der Waals surface area contributed by atoms with Crippen LogP contribution in [-0.4, -0.2) is 61.0 Å². The van der Waals surface area contributed by atoms with Crippen molar-refractivity contribution in [3.63, 3.8) is 0 Å². The molecular weight excluding hydrogens is 356 g/mol. The highest BCUT2D eigenvalue weighted by molar-refractivity contribution is 6.32. The number of rotatable bonds is 7. The van der Waals surface area contributed by atoms with E-state index in [2.05, 4.69) is 0 Å². The molecule has 1 fully saturated rings. The molecule has 6 nitrogen and oxygen atoms in total. The van der Waals surface area contributed by atoms with Crippen LogP contribution in [0.5, 0.6) is 11.5 Å². The van der Waals surface area contributed by atoms with Gasteiger partial charge in [-0.1, -0.05) is 25.4 Å². The Balaban J connectivity index is 2.15. The third kappa shape index (κ3) is 4.81. The lowest BCUT2D eigenvalue weighted by Crippen LogP contribution is -2.50. The summed E-state index contributed by atoms with van der Waals surface area (Å²) in [7, 11) is 0. The van der Waals surface area contributed by atoms with E-state index < -0.39 is 0 Å². The molecule has 0 radical (unpaired) electrons. The molecule has 144 valence electrons. The van der Waals surface area contributed by atoms with Crippen LogP contribution in [0.15, 0.2) is 12.1 Å². The molecule has 1 aliphatic heterocycles. The maximum atomic E-state index is 12.8. The van der Waals surface area contributed by atoms with Gasteiger partial charge in [0.25, 0.3) is 5.91 Å². The Morgan fingerprint density at radius 3 is 2.27 bits per heavy atom. The third-order valence-electron chi connectivity index (χ3n) is 4.23. The fourth-order valence-corrected chi connectivity index (χ4v) is 3.13. The number of hydrogen-bond donors (Lipinski definition) is 0. The Morgan fingerprint density at radius 1 is 1.04 bits per heavy atom. The van der Waals surface area contributed by atoms with E-state index in [0.29, 0.717) is 67.9 Å². The summed E-state index contributed by atoms with van der Waals surface area (Å²) in [6.45, 7) is 8.85. The number of halogens is 1. The lowest BCUT2D eigenvalue weighted by Gasteiger charge is -2.34. The molecule has 1 aromatic rings. The maximum Gasteiger partial charge on any atom is 0.254 e. The molecule has 0 atom stereocenters. The monoisotopic (exact) mass is 382 g/mol. The smallest absolute Gasteiger partial charge is 0.254 e. The Labute approximate surface area is 160 Å². The topological polar surface area (TPSA) is 59.1 Å². The van der Waals surface area contributed by atoms with Crippen LogP contribution in [0.4, 0.5) is 0 Å². The summed E-state index contributed by atoms with van der Waals surface area (Å²) in [5, 5.41) is 0.368. The van der Waals surface area contributed by atoms with Crippen LogP contribution in [0.25, 0.3) is 0 Å². The maximum absolute atomic E-state index is 12.8. The number of benzene rings is 1. The SMILES string of the molecule is CCCOc1c(Cl)cc(C(=O)N2CCN(C(=O)CC)CC2)cc1OCC. The third-order valence-corrected chi connectivity index (χ3v) is 4.51. The summed E-state index contributed by atoms with van der Waals surface area (Å²) >= 11 is 6.34. The van der Waals surface area contributed by atoms with E-state index in [1.54, 1.807) is 21.9 Å². The summed E-state index contributed by atoms with van der Waals surface area (Å²) in [5.74, 6) is 0.969. The van der Waals surface area contributed by atoms with Gasteiger partial charge in [-0.25, -0.2) is 0 Å². The summed E-state index contributed by atoms with van der Waals surface area (Å²) in [6.07, 6.45) is 1.34. The molecule has 0 N–H and O–H groups in total. The quantitative estimate of drug-likeness (QED) is 0.726. The number of carbonyl (C=O) groups is 2. The number of carbonyl (C=O) groups excluding carboxylic acids is 2. The van der Waals surface area contributed by atoms with Crippen LogP contribution < -0.4 is 9.47 Å². The number of hydrogen-bond acceptors (Lipinski definition) is 4. The molecule has 2 amide bonds. The van der Waals surface area contributed by atoms with Crippen molar-refractivity contribution in [2.75, 3.05) is 39.4 Å². The summed E-state index contributed by atoms with van der Waals surface area (Å²) in [5.41, 5.74) is 0.470. The van der Waals surface area contributed by atoms with E-state index in [-0.39, 0.29) is 11.8 Å². The van der Waals surface area contributed by atoms with E-state index in [9.17, 15) is 9.59 Å². The first-order valence-corrected chi connectivity index (χ1v) is 9.55. The first-order valence-electron chi connectivity index (χ1n) is 9.17. The number of amides is 2. The molecule has 1 heterocycles. The molecule has 0 bridgehead atoms. The molecular formula is C19H27ClN2O4. The van der Waals surface area contributed by atoms with Crippen LogP contribution in [0, 0.1) is 0 Å². The van der Waals surface area contributed by atoms with Gasteiger partial charge in [-0.3, -0.25) is 9.59 Å². The average Bonchev–Trinajstić information content (AvgIpc) is 2.66. The molecule has 1 aromatic carbocycles. The zero-order valence-electron chi connectivity index (χ0n) is 15.7. The molecule has 0 aromatic heterocycles. The molecule has 7 heteroatoms. The van der Waals surface area contributed by atoms with Crippen molar-refractivity contribution in [2.24, 2.45) is 0 Å².